The molecule has 0 heterocycles. The lowest BCUT2D eigenvalue weighted by molar-refractivity contribution is -0.113. The van der Waals surface area contributed by atoms with Crippen LogP contribution in [0.2, 0.25) is 0 Å². The zero-order chi connectivity index (χ0) is 6.57. The highest BCUT2D eigenvalue weighted by molar-refractivity contribution is 7.40. The fourth-order valence-electron chi connectivity index (χ4n) is 0.324. The summed E-state index contributed by atoms with van der Waals surface area (Å²) in [4.78, 5) is 10.3. The Bertz CT molecular complexity index is 82.1. The van der Waals surface area contributed by atoms with E-state index in [2.05, 4.69) is 5.32 Å². The van der Waals surface area contributed by atoms with Crippen LogP contribution in [0.15, 0.2) is 0 Å². The molecule has 0 radical (unpaired) electrons. The molecule has 0 aliphatic rings. The number of carbonyl (C=O) groups excluding carboxylic acids is 1. The maximum Gasteiger partial charge on any atom is 0.167 e. The first-order valence-electron chi connectivity index (χ1n) is 2.29. The SMILES string of the molecule is CN[C@@H](CO)C(=O)P. The van der Waals surface area contributed by atoms with Gasteiger partial charge in [-0.1, -0.05) is 9.24 Å². The van der Waals surface area contributed by atoms with E-state index in [9.17, 15) is 4.79 Å². The number of aliphatic hydroxyl groups is 1. The molecule has 0 saturated heterocycles. The number of aliphatic hydroxyl groups excluding tert-OH is 1. The van der Waals surface area contributed by atoms with Gasteiger partial charge in [0.25, 0.3) is 0 Å². The molecule has 8 heavy (non-hydrogen) atoms. The number of hydrogen-bond donors (Lipinski definition) is 2. The van der Waals surface area contributed by atoms with Crippen molar-refractivity contribution in [2.75, 3.05) is 13.7 Å². The summed E-state index contributed by atoms with van der Waals surface area (Å²) >= 11 is 0. The minimum absolute atomic E-state index is 0.116. The highest BCUT2D eigenvalue weighted by Gasteiger charge is 2.07. The van der Waals surface area contributed by atoms with Gasteiger partial charge < -0.3 is 10.4 Å². The fraction of sp³-hybridized carbons (Fsp3) is 0.750. The van der Waals surface area contributed by atoms with Crippen LogP contribution in [0.5, 0.6) is 0 Å². The molecule has 4 heteroatoms. The van der Waals surface area contributed by atoms with Crippen molar-refractivity contribution in [1.29, 1.82) is 0 Å². The maximum absolute atomic E-state index is 10.3. The van der Waals surface area contributed by atoms with Gasteiger partial charge in [-0.25, -0.2) is 0 Å². The number of rotatable bonds is 3. The molecule has 0 aromatic rings. The predicted molar refractivity (Wildman–Crippen MR) is 34.7 cm³/mol. The van der Waals surface area contributed by atoms with E-state index in [1.807, 2.05) is 9.24 Å². The molecular formula is C4H10NO2P. The van der Waals surface area contributed by atoms with Gasteiger partial charge in [0.2, 0.25) is 0 Å². The standard InChI is InChI=1S/C4H10NO2P/c1-5-3(2-6)4(7)8/h3,5-6H,2,8H2,1H3/t3-/m0/s1. The summed E-state index contributed by atoms with van der Waals surface area (Å²) < 4.78 is 0. The quantitative estimate of drug-likeness (QED) is 0.486. The molecule has 0 rings (SSSR count). The molecule has 0 aromatic carbocycles. The Morgan fingerprint density at radius 3 is 2.50 bits per heavy atom. The van der Waals surface area contributed by atoms with Crippen LogP contribution in [0.25, 0.3) is 0 Å². The Hall–Kier alpha value is 0.0200. The summed E-state index contributed by atoms with van der Waals surface area (Å²) in [6.07, 6.45) is 0. The molecule has 3 nitrogen and oxygen atoms in total. The zero-order valence-corrected chi connectivity index (χ0v) is 5.87. The third-order valence-corrected chi connectivity index (χ3v) is 1.28. The average Bonchev–Trinajstić information content (AvgIpc) is 1.69. The lowest BCUT2D eigenvalue weighted by Gasteiger charge is -2.05. The molecule has 0 spiro atoms. The van der Waals surface area contributed by atoms with Gasteiger partial charge in [0.15, 0.2) is 5.52 Å². The monoisotopic (exact) mass is 135 g/mol. The second-order valence-electron chi connectivity index (χ2n) is 1.43. The van der Waals surface area contributed by atoms with Crippen molar-refractivity contribution >= 4 is 14.8 Å². The smallest absolute Gasteiger partial charge is 0.167 e. The van der Waals surface area contributed by atoms with Crippen molar-refractivity contribution in [2.45, 2.75) is 6.04 Å². The highest BCUT2D eigenvalue weighted by Crippen LogP contribution is 1.90. The van der Waals surface area contributed by atoms with Crippen LogP contribution in [0, 0.1) is 0 Å². The van der Waals surface area contributed by atoms with Crippen LogP contribution < -0.4 is 5.32 Å². The minimum atomic E-state index is -0.417. The van der Waals surface area contributed by atoms with E-state index in [0.29, 0.717) is 0 Å². The van der Waals surface area contributed by atoms with Gasteiger partial charge in [0.1, 0.15) is 0 Å². The van der Waals surface area contributed by atoms with Gasteiger partial charge in [-0.2, -0.15) is 0 Å². The van der Waals surface area contributed by atoms with Crippen molar-refractivity contribution < 1.29 is 9.90 Å². The molecule has 0 aromatic heterocycles. The summed E-state index contributed by atoms with van der Waals surface area (Å²) in [5, 5.41) is 11.0. The summed E-state index contributed by atoms with van der Waals surface area (Å²) in [6, 6.07) is -0.417. The molecule has 0 aliphatic heterocycles. The van der Waals surface area contributed by atoms with Crippen molar-refractivity contribution in [1.82, 2.24) is 5.32 Å². The van der Waals surface area contributed by atoms with Crippen molar-refractivity contribution in [3.8, 4) is 0 Å². The fourth-order valence-corrected chi connectivity index (χ4v) is 0.596. The molecule has 0 aliphatic carbocycles. The Labute approximate surface area is 50.7 Å². The maximum atomic E-state index is 10.3. The zero-order valence-electron chi connectivity index (χ0n) is 4.72. The molecule has 0 bridgehead atoms. The number of hydrogen-bond acceptors (Lipinski definition) is 3. The summed E-state index contributed by atoms with van der Waals surface area (Å²) in [5.41, 5.74) is -0.116. The van der Waals surface area contributed by atoms with E-state index >= 15 is 0 Å². The highest BCUT2D eigenvalue weighted by atomic mass is 31.0. The van der Waals surface area contributed by atoms with Gasteiger partial charge in [-0.15, -0.1) is 0 Å². The van der Waals surface area contributed by atoms with Gasteiger partial charge in [-0.05, 0) is 7.05 Å². The molecule has 1 unspecified atom stereocenters. The Morgan fingerprint density at radius 2 is 2.50 bits per heavy atom. The predicted octanol–water partition coefficient (Wildman–Crippen LogP) is -1.03. The van der Waals surface area contributed by atoms with Gasteiger partial charge in [0, 0.05) is 0 Å². The molecule has 0 fully saturated rings. The lowest BCUT2D eigenvalue weighted by Crippen LogP contribution is -2.34. The Morgan fingerprint density at radius 1 is 2.00 bits per heavy atom. The van der Waals surface area contributed by atoms with Crippen LogP contribution in [-0.4, -0.2) is 30.3 Å². The van der Waals surface area contributed by atoms with Crippen LogP contribution in [0.1, 0.15) is 0 Å². The van der Waals surface area contributed by atoms with Gasteiger partial charge >= 0.3 is 0 Å². The number of carbonyl (C=O) groups is 1. The molecular weight excluding hydrogens is 125 g/mol. The van der Waals surface area contributed by atoms with E-state index in [4.69, 9.17) is 5.11 Å². The van der Waals surface area contributed by atoms with E-state index in [-0.39, 0.29) is 12.1 Å². The average molecular weight is 135 g/mol. The van der Waals surface area contributed by atoms with Gasteiger partial charge in [-0.3, -0.25) is 4.79 Å². The molecule has 2 N–H and O–H groups in total. The molecule has 48 valence electrons. The van der Waals surface area contributed by atoms with Gasteiger partial charge in [0.05, 0.1) is 12.6 Å². The Balaban J connectivity index is 3.52. The largest absolute Gasteiger partial charge is 0.394 e. The first kappa shape index (κ1) is 8.02. The number of nitrogens with one attached hydrogen (secondary N) is 1. The van der Waals surface area contributed by atoms with E-state index in [1.165, 1.54) is 0 Å². The Kier molecular flexibility index (Phi) is 3.97. The second-order valence-corrected chi connectivity index (χ2v) is 2.00. The van der Waals surface area contributed by atoms with E-state index in [0.717, 1.165) is 0 Å². The first-order chi connectivity index (χ1) is 3.72. The van der Waals surface area contributed by atoms with Crippen LogP contribution >= 0.6 is 9.24 Å². The van der Waals surface area contributed by atoms with Crippen molar-refractivity contribution in [3.05, 3.63) is 0 Å². The normalized spacial score (nSPS) is 13.4. The molecule has 0 amide bonds. The van der Waals surface area contributed by atoms with E-state index in [1.54, 1.807) is 7.05 Å². The van der Waals surface area contributed by atoms with Crippen molar-refractivity contribution in [3.63, 3.8) is 0 Å². The van der Waals surface area contributed by atoms with Crippen LogP contribution in [-0.2, 0) is 4.79 Å². The van der Waals surface area contributed by atoms with Crippen LogP contribution in [0.3, 0.4) is 0 Å². The summed E-state index contributed by atoms with van der Waals surface area (Å²) in [7, 11) is 3.63. The van der Waals surface area contributed by atoms with E-state index < -0.39 is 6.04 Å². The summed E-state index contributed by atoms with van der Waals surface area (Å²) in [6.45, 7) is -0.140. The minimum Gasteiger partial charge on any atom is -0.394 e. The molecule has 0 saturated carbocycles. The summed E-state index contributed by atoms with van der Waals surface area (Å²) in [5.74, 6) is 0. The lowest BCUT2D eigenvalue weighted by atomic mass is 10.4. The number of likely N-dealkylation sites (N-methyl/N-ethyl adjacent to an activating group) is 1. The first-order valence-corrected chi connectivity index (χ1v) is 2.87. The second kappa shape index (κ2) is 3.96. The third kappa shape index (κ3) is 2.36. The molecule has 2 atom stereocenters. The van der Waals surface area contributed by atoms with Crippen LogP contribution in [0.4, 0.5) is 0 Å². The topological polar surface area (TPSA) is 49.3 Å². The van der Waals surface area contributed by atoms with Crippen molar-refractivity contribution in [2.24, 2.45) is 0 Å². The third-order valence-electron chi connectivity index (χ3n) is 0.874.